The Kier molecular flexibility index (Phi) is 4.23. The van der Waals surface area contributed by atoms with Crippen molar-refractivity contribution in [3.8, 4) is 0 Å². The first-order valence-electron chi connectivity index (χ1n) is 6.09. The van der Waals surface area contributed by atoms with Crippen LogP contribution in [0.4, 0.5) is 17.1 Å². The van der Waals surface area contributed by atoms with Gasteiger partial charge in [-0.25, -0.2) is 0 Å². The SMILES string of the molecule is CC(C)c1ccccc1Nc1cc(Cl)c(Cl)cc1N. The number of nitrogens with one attached hydrogen (secondary N) is 1. The maximum Gasteiger partial charge on any atom is 0.0634 e. The molecule has 2 nitrogen and oxygen atoms in total. The lowest BCUT2D eigenvalue weighted by Gasteiger charge is -2.16. The van der Waals surface area contributed by atoms with Gasteiger partial charge in [0.25, 0.3) is 0 Å². The fourth-order valence-electron chi connectivity index (χ4n) is 1.93. The summed E-state index contributed by atoms with van der Waals surface area (Å²) in [5.41, 5.74) is 9.56. The minimum Gasteiger partial charge on any atom is -0.397 e. The number of nitrogen functional groups attached to an aromatic ring is 1. The largest absolute Gasteiger partial charge is 0.397 e. The average Bonchev–Trinajstić information content (AvgIpc) is 2.36. The fraction of sp³-hybridized carbons (Fsp3) is 0.200. The second-order valence-corrected chi connectivity index (χ2v) is 5.53. The van der Waals surface area contributed by atoms with Crippen LogP contribution < -0.4 is 11.1 Å². The van der Waals surface area contributed by atoms with Gasteiger partial charge in [0.05, 0.1) is 21.4 Å². The van der Waals surface area contributed by atoms with Crippen molar-refractivity contribution in [2.45, 2.75) is 19.8 Å². The summed E-state index contributed by atoms with van der Waals surface area (Å²) in [6.07, 6.45) is 0. The molecular weight excluding hydrogens is 279 g/mol. The van der Waals surface area contributed by atoms with E-state index in [0.29, 0.717) is 21.7 Å². The van der Waals surface area contributed by atoms with Gasteiger partial charge in [-0.3, -0.25) is 0 Å². The molecule has 0 amide bonds. The summed E-state index contributed by atoms with van der Waals surface area (Å²) < 4.78 is 0. The van der Waals surface area contributed by atoms with Crippen LogP contribution in [0.25, 0.3) is 0 Å². The normalized spacial score (nSPS) is 10.8. The van der Waals surface area contributed by atoms with Crippen LogP contribution in [0.3, 0.4) is 0 Å². The van der Waals surface area contributed by atoms with Crippen molar-refractivity contribution in [2.75, 3.05) is 11.1 Å². The molecule has 19 heavy (non-hydrogen) atoms. The number of rotatable bonds is 3. The first-order chi connectivity index (χ1) is 8.99. The molecule has 0 aliphatic carbocycles. The van der Waals surface area contributed by atoms with E-state index in [1.165, 1.54) is 5.56 Å². The third-order valence-corrected chi connectivity index (χ3v) is 3.67. The van der Waals surface area contributed by atoms with E-state index in [-0.39, 0.29) is 0 Å². The summed E-state index contributed by atoms with van der Waals surface area (Å²) in [5.74, 6) is 0.424. The van der Waals surface area contributed by atoms with Gasteiger partial charge in [0.1, 0.15) is 0 Å². The molecule has 0 saturated carbocycles. The van der Waals surface area contributed by atoms with E-state index in [2.05, 4.69) is 25.2 Å². The van der Waals surface area contributed by atoms with Crippen LogP contribution in [-0.4, -0.2) is 0 Å². The molecule has 0 aromatic heterocycles. The highest BCUT2D eigenvalue weighted by molar-refractivity contribution is 6.42. The molecule has 0 heterocycles. The zero-order chi connectivity index (χ0) is 14.0. The van der Waals surface area contributed by atoms with Gasteiger partial charge in [-0.1, -0.05) is 55.2 Å². The first-order valence-corrected chi connectivity index (χ1v) is 6.85. The Balaban J connectivity index is 2.39. The second-order valence-electron chi connectivity index (χ2n) is 4.72. The molecule has 2 aromatic carbocycles. The molecule has 0 aliphatic heterocycles. The predicted molar refractivity (Wildman–Crippen MR) is 84.7 cm³/mol. The lowest BCUT2D eigenvalue weighted by molar-refractivity contribution is 0.869. The van der Waals surface area contributed by atoms with Crippen molar-refractivity contribution in [1.82, 2.24) is 0 Å². The van der Waals surface area contributed by atoms with E-state index < -0.39 is 0 Å². The molecule has 0 aliphatic rings. The lowest BCUT2D eigenvalue weighted by Crippen LogP contribution is -2.00. The van der Waals surface area contributed by atoms with E-state index in [9.17, 15) is 0 Å². The van der Waals surface area contributed by atoms with Crippen molar-refractivity contribution in [3.05, 3.63) is 52.0 Å². The highest BCUT2D eigenvalue weighted by atomic mass is 35.5. The number of benzene rings is 2. The molecule has 0 fully saturated rings. The van der Waals surface area contributed by atoms with Gasteiger partial charge in [0, 0.05) is 5.69 Å². The Bertz CT molecular complexity index is 595. The summed E-state index contributed by atoms with van der Waals surface area (Å²) in [4.78, 5) is 0. The van der Waals surface area contributed by atoms with E-state index in [4.69, 9.17) is 28.9 Å². The Morgan fingerprint density at radius 1 is 1.00 bits per heavy atom. The number of nitrogens with two attached hydrogens (primary N) is 1. The van der Waals surface area contributed by atoms with Gasteiger partial charge in [-0.15, -0.1) is 0 Å². The minimum atomic E-state index is 0.424. The summed E-state index contributed by atoms with van der Waals surface area (Å²) in [7, 11) is 0. The number of para-hydroxylation sites is 1. The Morgan fingerprint density at radius 2 is 1.63 bits per heavy atom. The number of anilines is 3. The lowest BCUT2D eigenvalue weighted by atomic mass is 10.0. The van der Waals surface area contributed by atoms with Crippen molar-refractivity contribution in [3.63, 3.8) is 0 Å². The monoisotopic (exact) mass is 294 g/mol. The van der Waals surface area contributed by atoms with Gasteiger partial charge in [-0.2, -0.15) is 0 Å². The van der Waals surface area contributed by atoms with Gasteiger partial charge in [0.15, 0.2) is 0 Å². The third kappa shape index (κ3) is 3.14. The van der Waals surface area contributed by atoms with E-state index in [0.717, 1.165) is 11.4 Å². The average molecular weight is 295 g/mol. The molecule has 0 bridgehead atoms. The van der Waals surface area contributed by atoms with Gasteiger partial charge >= 0.3 is 0 Å². The molecule has 100 valence electrons. The van der Waals surface area contributed by atoms with Crippen LogP contribution in [0.1, 0.15) is 25.3 Å². The quantitative estimate of drug-likeness (QED) is 0.740. The molecule has 2 rings (SSSR count). The summed E-state index contributed by atoms with van der Waals surface area (Å²) in [5, 5.41) is 4.27. The number of hydrogen-bond donors (Lipinski definition) is 2. The molecule has 0 atom stereocenters. The highest BCUT2D eigenvalue weighted by Gasteiger charge is 2.09. The van der Waals surface area contributed by atoms with Crippen LogP contribution in [-0.2, 0) is 0 Å². The fourth-order valence-corrected chi connectivity index (χ4v) is 2.27. The number of halogens is 2. The summed E-state index contributed by atoms with van der Waals surface area (Å²) >= 11 is 12.0. The maximum atomic E-state index is 6.03. The van der Waals surface area contributed by atoms with Crippen molar-refractivity contribution >= 4 is 40.3 Å². The minimum absolute atomic E-state index is 0.424. The van der Waals surface area contributed by atoms with Crippen LogP contribution in [0, 0.1) is 0 Å². The highest BCUT2D eigenvalue weighted by Crippen LogP contribution is 2.34. The van der Waals surface area contributed by atoms with Crippen LogP contribution in [0.15, 0.2) is 36.4 Å². The molecule has 4 heteroatoms. The predicted octanol–water partition coefficient (Wildman–Crippen LogP) is 5.44. The molecule has 0 saturated heterocycles. The van der Waals surface area contributed by atoms with E-state index in [1.807, 2.05) is 18.2 Å². The molecular formula is C15H16Cl2N2. The number of hydrogen-bond acceptors (Lipinski definition) is 2. The summed E-state index contributed by atoms with van der Waals surface area (Å²) in [6, 6.07) is 11.5. The van der Waals surface area contributed by atoms with E-state index >= 15 is 0 Å². The van der Waals surface area contributed by atoms with Gasteiger partial charge < -0.3 is 11.1 Å². The van der Waals surface area contributed by atoms with Crippen molar-refractivity contribution in [1.29, 1.82) is 0 Å². The Hall–Kier alpha value is -1.38. The van der Waals surface area contributed by atoms with Crippen molar-refractivity contribution in [2.24, 2.45) is 0 Å². The Morgan fingerprint density at radius 3 is 2.32 bits per heavy atom. The summed E-state index contributed by atoms with van der Waals surface area (Å²) in [6.45, 7) is 4.30. The van der Waals surface area contributed by atoms with Gasteiger partial charge in [-0.05, 0) is 29.7 Å². The standard InChI is InChI=1S/C15H16Cl2N2/c1-9(2)10-5-3-4-6-14(10)19-15-8-12(17)11(16)7-13(15)18/h3-9,19H,18H2,1-2H3. The van der Waals surface area contributed by atoms with E-state index in [1.54, 1.807) is 12.1 Å². The topological polar surface area (TPSA) is 38.0 Å². The van der Waals surface area contributed by atoms with Crippen LogP contribution in [0.5, 0.6) is 0 Å². The zero-order valence-corrected chi connectivity index (χ0v) is 12.4. The van der Waals surface area contributed by atoms with Crippen LogP contribution >= 0.6 is 23.2 Å². The van der Waals surface area contributed by atoms with Crippen LogP contribution in [0.2, 0.25) is 10.0 Å². The molecule has 2 aromatic rings. The maximum absolute atomic E-state index is 6.03. The molecule has 3 N–H and O–H groups in total. The smallest absolute Gasteiger partial charge is 0.0634 e. The molecule has 0 spiro atoms. The van der Waals surface area contributed by atoms with Crippen molar-refractivity contribution < 1.29 is 0 Å². The Labute approximate surface area is 123 Å². The molecule has 0 unspecified atom stereocenters. The molecule has 0 radical (unpaired) electrons. The zero-order valence-electron chi connectivity index (χ0n) is 10.9. The second kappa shape index (κ2) is 5.72. The first kappa shape index (κ1) is 14.0. The van der Waals surface area contributed by atoms with Gasteiger partial charge in [0.2, 0.25) is 0 Å². The third-order valence-electron chi connectivity index (χ3n) is 2.94.